The maximum absolute atomic E-state index is 13.9. The van der Waals surface area contributed by atoms with Crippen LogP contribution < -0.4 is 16.4 Å². The standard InChI is InChI=1S/C36H36N8O4/c1-48-36(47)31(18-26-21-40-33(42-26)23-12-6-3-7-13-23)44-35(46)30(16-24-19-38-29-15-9-8-14-27(24)29)43-34(45)28(37)17-25-20-39-32(41-25)22-10-4-2-5-11-22/h2-15,19-21,28,30-31,38H,16-18,37H2,1H3,(H,39,41)(H,40,42)(H,43,45)(H,44,46)/t28-,30-,31-/m0/s1. The van der Waals surface area contributed by atoms with Crippen LogP contribution in [0.15, 0.2) is 104 Å². The van der Waals surface area contributed by atoms with Gasteiger partial charge in [-0.2, -0.15) is 0 Å². The van der Waals surface area contributed by atoms with Crippen molar-refractivity contribution in [2.24, 2.45) is 5.73 Å². The fourth-order valence-electron chi connectivity index (χ4n) is 5.58. The molecule has 0 fully saturated rings. The highest BCUT2D eigenvalue weighted by molar-refractivity contribution is 5.93. The predicted octanol–water partition coefficient (Wildman–Crippen LogP) is 3.45. The summed E-state index contributed by atoms with van der Waals surface area (Å²) < 4.78 is 5.03. The van der Waals surface area contributed by atoms with Gasteiger partial charge in [0.1, 0.15) is 23.7 Å². The number of nitrogens with two attached hydrogens (primary N) is 1. The maximum atomic E-state index is 13.9. The highest BCUT2D eigenvalue weighted by atomic mass is 16.5. The molecule has 0 aliphatic heterocycles. The van der Waals surface area contributed by atoms with Gasteiger partial charge in [-0.25, -0.2) is 14.8 Å². The molecule has 0 aliphatic carbocycles. The van der Waals surface area contributed by atoms with E-state index in [1.54, 1.807) is 18.6 Å². The topological polar surface area (TPSA) is 184 Å². The third kappa shape index (κ3) is 7.51. The molecule has 7 N–H and O–H groups in total. The molecule has 3 aromatic carbocycles. The molecular weight excluding hydrogens is 608 g/mol. The first-order valence-corrected chi connectivity index (χ1v) is 15.6. The van der Waals surface area contributed by atoms with Crippen molar-refractivity contribution in [3.05, 3.63) is 120 Å². The molecule has 0 saturated carbocycles. The number of methoxy groups -OCH3 is 1. The molecule has 3 heterocycles. The molecule has 12 nitrogen and oxygen atoms in total. The first kappa shape index (κ1) is 32.0. The van der Waals surface area contributed by atoms with Gasteiger partial charge in [0.25, 0.3) is 0 Å². The Morgan fingerprint density at radius 3 is 1.92 bits per heavy atom. The molecule has 0 radical (unpaired) electrons. The lowest BCUT2D eigenvalue weighted by molar-refractivity contribution is -0.145. The van der Waals surface area contributed by atoms with E-state index in [9.17, 15) is 14.4 Å². The van der Waals surface area contributed by atoms with E-state index in [0.717, 1.165) is 27.6 Å². The number of nitrogens with zero attached hydrogens (tertiary/aromatic N) is 2. The highest BCUT2D eigenvalue weighted by Crippen LogP contribution is 2.20. The number of amides is 2. The molecule has 0 saturated heterocycles. The zero-order valence-corrected chi connectivity index (χ0v) is 26.3. The van der Waals surface area contributed by atoms with Gasteiger partial charge in [0.15, 0.2) is 0 Å². The molecule has 244 valence electrons. The Bertz CT molecular complexity index is 2000. The predicted molar refractivity (Wildman–Crippen MR) is 181 cm³/mol. The lowest BCUT2D eigenvalue weighted by Crippen LogP contribution is -2.56. The first-order valence-electron chi connectivity index (χ1n) is 15.6. The van der Waals surface area contributed by atoms with E-state index in [1.807, 2.05) is 84.9 Å². The molecule has 48 heavy (non-hydrogen) atoms. The summed E-state index contributed by atoms with van der Waals surface area (Å²) in [5.41, 5.74) is 11.1. The highest BCUT2D eigenvalue weighted by Gasteiger charge is 2.30. The molecule has 0 spiro atoms. The van der Waals surface area contributed by atoms with Crippen molar-refractivity contribution in [1.29, 1.82) is 0 Å². The molecule has 0 unspecified atom stereocenters. The van der Waals surface area contributed by atoms with Gasteiger partial charge in [-0.1, -0.05) is 78.9 Å². The van der Waals surface area contributed by atoms with Crippen molar-refractivity contribution in [2.45, 2.75) is 37.4 Å². The minimum Gasteiger partial charge on any atom is -0.467 e. The van der Waals surface area contributed by atoms with Crippen LogP contribution in [0.3, 0.4) is 0 Å². The first-order chi connectivity index (χ1) is 23.4. The minimum atomic E-state index is -1.06. The zero-order chi connectivity index (χ0) is 33.5. The second-order valence-electron chi connectivity index (χ2n) is 11.5. The number of carbonyl (C=O) groups excluding carboxylic acids is 3. The van der Waals surface area contributed by atoms with Crippen LogP contribution in [0.4, 0.5) is 0 Å². The summed E-state index contributed by atoms with van der Waals surface area (Å²) in [6, 6.07) is 23.7. The third-order valence-electron chi connectivity index (χ3n) is 8.09. The Labute approximate surface area is 276 Å². The van der Waals surface area contributed by atoms with E-state index in [1.165, 1.54) is 7.11 Å². The fraction of sp³-hybridized carbons (Fsp3) is 0.194. The summed E-state index contributed by atoms with van der Waals surface area (Å²) in [6.07, 6.45) is 5.47. The number of esters is 1. The van der Waals surface area contributed by atoms with Crippen LogP contribution in [0.5, 0.6) is 0 Å². The van der Waals surface area contributed by atoms with Crippen LogP contribution in [-0.4, -0.2) is 67.9 Å². The number of carbonyl (C=O) groups is 3. The number of aromatic amines is 3. The van der Waals surface area contributed by atoms with Crippen molar-refractivity contribution in [2.75, 3.05) is 7.11 Å². The van der Waals surface area contributed by atoms with Crippen LogP contribution in [0, 0.1) is 0 Å². The SMILES string of the molecule is COC(=O)[C@H](Cc1cnc(-c2ccccc2)[nH]1)NC(=O)[C@H](Cc1c[nH]c2ccccc12)NC(=O)[C@@H](N)Cc1cnc(-c2ccccc2)[nH]1. The smallest absolute Gasteiger partial charge is 0.328 e. The summed E-state index contributed by atoms with van der Waals surface area (Å²) in [5.74, 6) is -0.431. The van der Waals surface area contributed by atoms with Gasteiger partial charge >= 0.3 is 5.97 Å². The summed E-state index contributed by atoms with van der Waals surface area (Å²) in [6.45, 7) is 0. The van der Waals surface area contributed by atoms with Crippen LogP contribution in [-0.2, 0) is 38.4 Å². The largest absolute Gasteiger partial charge is 0.467 e. The molecule has 0 bridgehead atoms. The van der Waals surface area contributed by atoms with Gasteiger partial charge in [0.05, 0.1) is 13.2 Å². The molecule has 0 aliphatic rings. The third-order valence-corrected chi connectivity index (χ3v) is 8.09. The normalized spacial score (nSPS) is 13.0. The van der Waals surface area contributed by atoms with Crippen LogP contribution in [0.1, 0.15) is 17.0 Å². The number of para-hydroxylation sites is 1. The summed E-state index contributed by atoms with van der Waals surface area (Å²) in [5, 5.41) is 6.54. The molecule has 6 rings (SSSR count). The van der Waals surface area contributed by atoms with Crippen LogP contribution in [0.25, 0.3) is 33.7 Å². The quantitative estimate of drug-likeness (QED) is 0.104. The molecule has 2 amide bonds. The van der Waals surface area contributed by atoms with E-state index >= 15 is 0 Å². The van der Waals surface area contributed by atoms with Crippen molar-refractivity contribution >= 4 is 28.7 Å². The van der Waals surface area contributed by atoms with Crippen molar-refractivity contribution in [3.8, 4) is 22.8 Å². The van der Waals surface area contributed by atoms with Gasteiger partial charge < -0.3 is 36.1 Å². The average Bonchev–Trinajstić information content (AvgIpc) is 3.89. The lowest BCUT2D eigenvalue weighted by Gasteiger charge is -2.23. The van der Waals surface area contributed by atoms with Gasteiger partial charge in [0.2, 0.25) is 11.8 Å². The van der Waals surface area contributed by atoms with E-state index in [-0.39, 0.29) is 19.3 Å². The Kier molecular flexibility index (Phi) is 9.72. The number of ether oxygens (including phenoxy) is 1. The van der Waals surface area contributed by atoms with Gasteiger partial charge in [-0.15, -0.1) is 0 Å². The van der Waals surface area contributed by atoms with Gasteiger partial charge in [0, 0.05) is 71.3 Å². The second-order valence-corrected chi connectivity index (χ2v) is 11.5. The number of imidazole rings is 2. The lowest BCUT2D eigenvalue weighted by atomic mass is 10.0. The second kappa shape index (κ2) is 14.6. The van der Waals surface area contributed by atoms with Crippen molar-refractivity contribution in [1.82, 2.24) is 35.6 Å². The zero-order valence-electron chi connectivity index (χ0n) is 26.3. The number of hydrogen-bond acceptors (Lipinski definition) is 7. The van der Waals surface area contributed by atoms with Crippen molar-refractivity contribution in [3.63, 3.8) is 0 Å². The molecule has 12 heteroatoms. The number of rotatable bonds is 13. The minimum absolute atomic E-state index is 0.0923. The maximum Gasteiger partial charge on any atom is 0.328 e. The summed E-state index contributed by atoms with van der Waals surface area (Å²) >= 11 is 0. The van der Waals surface area contributed by atoms with E-state index in [0.29, 0.717) is 23.0 Å². The van der Waals surface area contributed by atoms with E-state index in [4.69, 9.17) is 10.5 Å². The summed E-state index contributed by atoms with van der Waals surface area (Å²) in [7, 11) is 1.26. The van der Waals surface area contributed by atoms with Gasteiger partial charge in [-0.3, -0.25) is 9.59 Å². The monoisotopic (exact) mass is 644 g/mol. The van der Waals surface area contributed by atoms with Crippen LogP contribution in [0.2, 0.25) is 0 Å². The van der Waals surface area contributed by atoms with E-state index in [2.05, 4.69) is 35.6 Å². The Balaban J connectivity index is 1.19. The number of nitrogens with one attached hydrogen (secondary N) is 5. The fourth-order valence-corrected chi connectivity index (χ4v) is 5.58. The Hall–Kier alpha value is -6.01. The number of hydrogen-bond donors (Lipinski definition) is 6. The molecule has 3 aromatic heterocycles. The number of fused-ring (bicyclic) bond motifs is 1. The Morgan fingerprint density at radius 1 is 0.729 bits per heavy atom. The average molecular weight is 645 g/mol. The van der Waals surface area contributed by atoms with E-state index < -0.39 is 35.9 Å². The van der Waals surface area contributed by atoms with Crippen molar-refractivity contribution < 1.29 is 19.1 Å². The molecular formula is C36H36N8O4. The number of benzene rings is 3. The number of aromatic nitrogens is 5. The number of H-pyrrole nitrogens is 3. The molecule has 6 aromatic rings. The Morgan fingerprint density at radius 2 is 1.29 bits per heavy atom. The molecule has 3 atom stereocenters. The van der Waals surface area contributed by atoms with Crippen LogP contribution >= 0.6 is 0 Å². The summed E-state index contributed by atoms with van der Waals surface area (Å²) in [4.78, 5) is 58.7. The van der Waals surface area contributed by atoms with Gasteiger partial charge in [-0.05, 0) is 11.6 Å².